The molecule has 4 N–H and O–H groups in total. The van der Waals surface area contributed by atoms with Crippen molar-refractivity contribution < 1.29 is 19.5 Å². The summed E-state index contributed by atoms with van der Waals surface area (Å²) in [6, 6.07) is 2.87. The number of benzene rings is 1. The summed E-state index contributed by atoms with van der Waals surface area (Å²) in [6.07, 6.45) is -3.55. The molecule has 0 bridgehead atoms. The highest BCUT2D eigenvalue weighted by molar-refractivity contribution is 5.60. The van der Waals surface area contributed by atoms with Crippen LogP contribution in [0.3, 0.4) is 0 Å². The number of nitrogen functional groups attached to an aromatic ring is 1. The molecule has 1 rings (SSSR count). The lowest BCUT2D eigenvalue weighted by Crippen LogP contribution is -2.16. The van der Waals surface area contributed by atoms with Crippen molar-refractivity contribution in [3.8, 4) is 6.07 Å². The van der Waals surface area contributed by atoms with E-state index in [9.17, 15) is 19.6 Å². The highest BCUT2D eigenvalue weighted by Crippen LogP contribution is 2.29. The fourth-order valence-electron chi connectivity index (χ4n) is 1.20. The van der Waals surface area contributed by atoms with Gasteiger partial charge < -0.3 is 15.9 Å². The molecule has 1 aromatic rings. The number of halogens is 1. The fourth-order valence-corrected chi connectivity index (χ4v) is 1.20. The van der Waals surface area contributed by atoms with Gasteiger partial charge in [0.2, 0.25) is 0 Å². The van der Waals surface area contributed by atoms with E-state index in [1.807, 2.05) is 0 Å². The number of rotatable bonds is 3. The van der Waals surface area contributed by atoms with E-state index < -0.39 is 34.3 Å². The first-order chi connectivity index (χ1) is 7.88. The number of nitrogens with two attached hydrogens (primary N) is 1. The maximum atomic E-state index is 13.2. The lowest BCUT2D eigenvalue weighted by molar-refractivity contribution is -0.384. The molecular formula is C9H8FN3O4. The van der Waals surface area contributed by atoms with Crippen LogP contribution in [0.1, 0.15) is 11.7 Å². The Kier molecular flexibility index (Phi) is 3.57. The topological polar surface area (TPSA) is 133 Å². The van der Waals surface area contributed by atoms with Crippen molar-refractivity contribution in [1.82, 2.24) is 0 Å². The third-order valence-electron chi connectivity index (χ3n) is 2.10. The van der Waals surface area contributed by atoms with Crippen LogP contribution in [0.4, 0.5) is 15.8 Å². The Labute approximate surface area is 94.7 Å². The van der Waals surface area contributed by atoms with Crippen LogP contribution >= 0.6 is 0 Å². The maximum Gasteiger partial charge on any atom is 0.295 e. The molecule has 0 radical (unpaired) electrons. The summed E-state index contributed by atoms with van der Waals surface area (Å²) in [5.74, 6) is -1.10. The van der Waals surface area contributed by atoms with Gasteiger partial charge in [-0.05, 0) is 11.6 Å². The molecule has 0 aliphatic carbocycles. The minimum absolute atomic E-state index is 0.294. The molecule has 0 saturated heterocycles. The number of nitro benzene ring substituents is 1. The second-order valence-corrected chi connectivity index (χ2v) is 3.21. The number of anilines is 1. The van der Waals surface area contributed by atoms with Gasteiger partial charge >= 0.3 is 0 Å². The number of nitrogens with zero attached hydrogens (tertiary/aromatic N) is 2. The van der Waals surface area contributed by atoms with E-state index in [1.165, 1.54) is 6.07 Å². The van der Waals surface area contributed by atoms with Gasteiger partial charge in [-0.15, -0.1) is 0 Å². The minimum atomic E-state index is -1.81. The van der Waals surface area contributed by atoms with E-state index in [0.717, 1.165) is 12.1 Å². The predicted octanol–water partition coefficient (Wildman–Crippen LogP) is 0.234. The van der Waals surface area contributed by atoms with E-state index in [0.29, 0.717) is 0 Å². The van der Waals surface area contributed by atoms with Gasteiger partial charge in [0.15, 0.2) is 11.9 Å². The summed E-state index contributed by atoms with van der Waals surface area (Å²) in [7, 11) is 0. The van der Waals surface area contributed by atoms with Crippen LogP contribution in [0.2, 0.25) is 0 Å². The Morgan fingerprint density at radius 2 is 2.12 bits per heavy atom. The molecule has 17 heavy (non-hydrogen) atoms. The van der Waals surface area contributed by atoms with E-state index in [4.69, 9.17) is 16.1 Å². The van der Waals surface area contributed by atoms with E-state index in [1.54, 1.807) is 0 Å². The van der Waals surface area contributed by atoms with E-state index >= 15 is 0 Å². The van der Waals surface area contributed by atoms with Gasteiger partial charge in [0.05, 0.1) is 11.0 Å². The summed E-state index contributed by atoms with van der Waals surface area (Å²) < 4.78 is 13.2. The lowest BCUT2D eigenvalue weighted by Gasteiger charge is -2.12. The number of nitriles is 1. The van der Waals surface area contributed by atoms with Gasteiger partial charge in [0, 0.05) is 6.07 Å². The van der Waals surface area contributed by atoms with Crippen LogP contribution in [0, 0.1) is 27.3 Å². The average Bonchev–Trinajstić information content (AvgIpc) is 2.30. The average molecular weight is 241 g/mol. The van der Waals surface area contributed by atoms with Crippen molar-refractivity contribution >= 4 is 11.4 Å². The SMILES string of the molecule is N#CC(O)C(O)c1cc(F)c(N)c([N+](=O)[O-])c1. The van der Waals surface area contributed by atoms with Crippen LogP contribution in [-0.4, -0.2) is 21.2 Å². The van der Waals surface area contributed by atoms with Crippen molar-refractivity contribution in [1.29, 1.82) is 5.26 Å². The molecule has 0 aliphatic rings. The summed E-state index contributed by atoms with van der Waals surface area (Å²) >= 11 is 0. The molecule has 0 amide bonds. The first-order valence-electron chi connectivity index (χ1n) is 4.37. The Morgan fingerprint density at radius 3 is 2.59 bits per heavy atom. The number of hydrogen-bond acceptors (Lipinski definition) is 6. The normalized spacial score (nSPS) is 13.8. The lowest BCUT2D eigenvalue weighted by atomic mass is 10.0. The quantitative estimate of drug-likeness (QED) is 0.300. The molecule has 2 unspecified atom stereocenters. The summed E-state index contributed by atoms with van der Waals surface area (Å²) in [6.45, 7) is 0. The van der Waals surface area contributed by atoms with Crippen molar-refractivity contribution in [2.24, 2.45) is 0 Å². The summed E-state index contributed by atoms with van der Waals surface area (Å²) in [5.41, 5.74) is 3.44. The standard InChI is InChI=1S/C9H8FN3O4/c10-5-1-4(9(15)7(14)3-11)2-6(8(5)12)13(16)17/h1-2,7,9,14-15H,12H2. The Morgan fingerprint density at radius 1 is 1.53 bits per heavy atom. The molecule has 2 atom stereocenters. The zero-order chi connectivity index (χ0) is 13.2. The van der Waals surface area contributed by atoms with Crippen LogP contribution in [0.15, 0.2) is 12.1 Å². The van der Waals surface area contributed by atoms with Gasteiger partial charge in [-0.2, -0.15) is 5.26 Å². The number of aliphatic hydroxyl groups is 2. The molecule has 1 aromatic carbocycles. The molecule has 0 fully saturated rings. The second-order valence-electron chi connectivity index (χ2n) is 3.21. The molecule has 7 nitrogen and oxygen atoms in total. The van der Waals surface area contributed by atoms with Gasteiger partial charge in [-0.3, -0.25) is 10.1 Å². The molecule has 90 valence electrons. The smallest absolute Gasteiger partial charge is 0.295 e. The number of nitro groups is 1. The molecule has 0 heterocycles. The van der Waals surface area contributed by atoms with E-state index in [-0.39, 0.29) is 5.56 Å². The molecule has 0 spiro atoms. The van der Waals surface area contributed by atoms with Crippen molar-refractivity contribution in [2.75, 3.05) is 5.73 Å². The van der Waals surface area contributed by atoms with Crippen LogP contribution in [-0.2, 0) is 0 Å². The monoisotopic (exact) mass is 241 g/mol. The van der Waals surface area contributed by atoms with Crippen molar-refractivity contribution in [2.45, 2.75) is 12.2 Å². The number of hydrogen-bond donors (Lipinski definition) is 3. The first-order valence-corrected chi connectivity index (χ1v) is 4.37. The van der Waals surface area contributed by atoms with Crippen molar-refractivity contribution in [3.05, 3.63) is 33.6 Å². The predicted molar refractivity (Wildman–Crippen MR) is 54.0 cm³/mol. The van der Waals surface area contributed by atoms with Crippen LogP contribution in [0.25, 0.3) is 0 Å². The van der Waals surface area contributed by atoms with E-state index in [2.05, 4.69) is 0 Å². The first kappa shape index (κ1) is 12.8. The highest BCUT2D eigenvalue weighted by Gasteiger charge is 2.24. The Bertz CT molecular complexity index is 500. The van der Waals surface area contributed by atoms with Crippen molar-refractivity contribution in [3.63, 3.8) is 0 Å². The Hall–Kier alpha value is -2.24. The van der Waals surface area contributed by atoms with Gasteiger partial charge in [0.1, 0.15) is 11.8 Å². The molecular weight excluding hydrogens is 233 g/mol. The van der Waals surface area contributed by atoms with Crippen LogP contribution in [0.5, 0.6) is 0 Å². The largest absolute Gasteiger partial charge is 0.391 e. The third kappa shape index (κ3) is 2.47. The number of aliphatic hydroxyl groups excluding tert-OH is 2. The zero-order valence-corrected chi connectivity index (χ0v) is 8.37. The second kappa shape index (κ2) is 4.73. The third-order valence-corrected chi connectivity index (χ3v) is 2.10. The highest BCUT2D eigenvalue weighted by atomic mass is 19.1. The fraction of sp³-hybridized carbons (Fsp3) is 0.222. The maximum absolute atomic E-state index is 13.2. The van der Waals surface area contributed by atoms with Gasteiger partial charge in [-0.25, -0.2) is 4.39 Å². The molecule has 0 aliphatic heterocycles. The molecule has 0 saturated carbocycles. The summed E-state index contributed by atoms with van der Waals surface area (Å²) in [5, 5.41) is 37.3. The van der Waals surface area contributed by atoms with Gasteiger partial charge in [-0.1, -0.05) is 0 Å². The zero-order valence-electron chi connectivity index (χ0n) is 8.37. The van der Waals surface area contributed by atoms with Crippen LogP contribution < -0.4 is 5.73 Å². The summed E-state index contributed by atoms with van der Waals surface area (Å²) in [4.78, 5) is 9.61. The Balaban J connectivity index is 3.29. The minimum Gasteiger partial charge on any atom is -0.391 e. The molecule has 0 aromatic heterocycles. The molecule has 8 heteroatoms. The van der Waals surface area contributed by atoms with Gasteiger partial charge in [0.25, 0.3) is 5.69 Å².